The van der Waals surface area contributed by atoms with Crippen LogP contribution in [0, 0.1) is 5.92 Å². The van der Waals surface area contributed by atoms with Crippen molar-refractivity contribution in [3.63, 3.8) is 0 Å². The number of hydrogen-bond donors (Lipinski definition) is 0. The van der Waals surface area contributed by atoms with Crippen molar-refractivity contribution in [2.75, 3.05) is 6.16 Å². The van der Waals surface area contributed by atoms with Gasteiger partial charge in [-0.15, -0.1) is 0 Å². The normalized spacial score (nSPS) is 35.0. The van der Waals surface area contributed by atoms with Crippen LogP contribution in [0.5, 0.6) is 0 Å². The zero-order chi connectivity index (χ0) is 10.4. The minimum Gasteiger partial charge on any atom is -0.0620 e. The standard InChI is InChI=1S/C12H17ClP/c1-10-9-14(13,12(10,2)3)11-7-5-4-6-8-11/h4-8,10H,9H2,1-3H3/q+1. The Labute approximate surface area is 91.8 Å². The predicted molar refractivity (Wildman–Crippen MR) is 67.0 cm³/mol. The third-order valence-electron chi connectivity index (χ3n) is 3.81. The van der Waals surface area contributed by atoms with Crippen LogP contribution in [-0.2, 0) is 0 Å². The van der Waals surface area contributed by atoms with E-state index in [1.807, 2.05) is 0 Å². The average Bonchev–Trinajstić information content (AvgIpc) is 2.19. The summed E-state index contributed by atoms with van der Waals surface area (Å²) in [4.78, 5) is 0. The van der Waals surface area contributed by atoms with Crippen LogP contribution in [0.2, 0.25) is 0 Å². The molecule has 1 fully saturated rings. The molecule has 0 amide bonds. The SMILES string of the molecule is CC1C[P+](Cl)(c2ccccc2)C1(C)C. The second-order valence-electron chi connectivity index (χ2n) is 4.79. The van der Waals surface area contributed by atoms with Gasteiger partial charge in [0.2, 0.25) is 0 Å². The molecule has 2 atom stereocenters. The van der Waals surface area contributed by atoms with E-state index in [1.165, 1.54) is 11.5 Å². The zero-order valence-electron chi connectivity index (χ0n) is 9.00. The van der Waals surface area contributed by atoms with Crippen LogP contribution in [0.4, 0.5) is 0 Å². The maximum atomic E-state index is 6.83. The molecular weight excluding hydrogens is 211 g/mol. The third kappa shape index (κ3) is 1.24. The zero-order valence-corrected chi connectivity index (χ0v) is 10.6. The van der Waals surface area contributed by atoms with Gasteiger partial charge in [0.1, 0.15) is 10.5 Å². The second kappa shape index (κ2) is 3.22. The molecule has 0 aromatic heterocycles. The summed E-state index contributed by atoms with van der Waals surface area (Å²) in [6.45, 7) is 5.56. The van der Waals surface area contributed by atoms with E-state index in [0.717, 1.165) is 5.92 Å². The minimum atomic E-state index is -1.38. The molecule has 0 nitrogen and oxygen atoms in total. The van der Waals surface area contributed by atoms with E-state index in [9.17, 15) is 0 Å². The molecule has 0 radical (unpaired) electrons. The molecule has 1 aromatic rings. The Kier molecular flexibility index (Phi) is 2.40. The Balaban J connectivity index is 2.37. The van der Waals surface area contributed by atoms with Crippen molar-refractivity contribution in [2.24, 2.45) is 5.92 Å². The van der Waals surface area contributed by atoms with Crippen molar-refractivity contribution in [1.29, 1.82) is 0 Å². The number of benzene rings is 1. The van der Waals surface area contributed by atoms with Gasteiger partial charge in [-0.3, -0.25) is 0 Å². The summed E-state index contributed by atoms with van der Waals surface area (Å²) in [5.41, 5.74) is 0. The molecule has 76 valence electrons. The predicted octanol–water partition coefficient (Wildman–Crippen LogP) is 3.91. The van der Waals surface area contributed by atoms with Crippen LogP contribution in [0.1, 0.15) is 20.8 Å². The Bertz CT molecular complexity index is 333. The fourth-order valence-corrected chi connectivity index (χ4v) is 7.30. The maximum Gasteiger partial charge on any atom is 0.152 e. The first-order valence-electron chi connectivity index (χ1n) is 5.12. The molecule has 14 heavy (non-hydrogen) atoms. The highest BCUT2D eigenvalue weighted by molar-refractivity contribution is 8.06. The van der Waals surface area contributed by atoms with Crippen LogP contribution >= 0.6 is 17.9 Å². The Morgan fingerprint density at radius 1 is 1.29 bits per heavy atom. The molecular formula is C12H17ClP+. The van der Waals surface area contributed by atoms with Gasteiger partial charge in [0.25, 0.3) is 0 Å². The van der Waals surface area contributed by atoms with Crippen molar-refractivity contribution in [1.82, 2.24) is 0 Å². The Morgan fingerprint density at radius 2 is 1.86 bits per heavy atom. The van der Waals surface area contributed by atoms with E-state index in [-0.39, 0.29) is 0 Å². The van der Waals surface area contributed by atoms with Gasteiger partial charge in [0, 0.05) is 5.92 Å². The van der Waals surface area contributed by atoms with Crippen LogP contribution in [0.15, 0.2) is 30.3 Å². The fourth-order valence-electron chi connectivity index (χ4n) is 2.18. The van der Waals surface area contributed by atoms with E-state index in [4.69, 9.17) is 11.2 Å². The van der Waals surface area contributed by atoms with Crippen LogP contribution in [0.3, 0.4) is 0 Å². The van der Waals surface area contributed by atoms with Crippen molar-refractivity contribution in [3.8, 4) is 0 Å². The van der Waals surface area contributed by atoms with Gasteiger partial charge in [0.05, 0.1) is 17.4 Å². The Hall–Kier alpha value is -0.0600. The van der Waals surface area contributed by atoms with Crippen molar-refractivity contribution >= 4 is 23.2 Å². The number of rotatable bonds is 1. The van der Waals surface area contributed by atoms with Crippen molar-refractivity contribution in [2.45, 2.75) is 25.9 Å². The summed E-state index contributed by atoms with van der Waals surface area (Å²) in [5.74, 6) is 0.758. The van der Waals surface area contributed by atoms with Gasteiger partial charge in [-0.1, -0.05) is 25.1 Å². The van der Waals surface area contributed by atoms with Crippen LogP contribution in [-0.4, -0.2) is 11.3 Å². The molecule has 2 unspecified atom stereocenters. The molecule has 1 aliphatic heterocycles. The van der Waals surface area contributed by atoms with E-state index < -0.39 is 6.62 Å². The lowest BCUT2D eigenvalue weighted by atomic mass is 9.97. The average molecular weight is 228 g/mol. The second-order valence-corrected chi connectivity index (χ2v) is 9.99. The summed E-state index contributed by atoms with van der Waals surface area (Å²) in [7, 11) is 0. The molecule has 0 saturated carbocycles. The van der Waals surface area contributed by atoms with Crippen molar-refractivity contribution in [3.05, 3.63) is 30.3 Å². The van der Waals surface area contributed by atoms with Gasteiger partial charge < -0.3 is 0 Å². The first kappa shape index (κ1) is 10.5. The monoisotopic (exact) mass is 227 g/mol. The number of halogens is 1. The van der Waals surface area contributed by atoms with E-state index in [2.05, 4.69) is 51.1 Å². The lowest BCUT2D eigenvalue weighted by molar-refractivity contribution is 0.449. The van der Waals surface area contributed by atoms with Gasteiger partial charge in [0.15, 0.2) is 6.62 Å². The van der Waals surface area contributed by atoms with E-state index in [0.29, 0.717) is 5.16 Å². The molecule has 0 aliphatic carbocycles. The lowest BCUT2D eigenvalue weighted by Gasteiger charge is -2.48. The maximum absolute atomic E-state index is 6.83. The summed E-state index contributed by atoms with van der Waals surface area (Å²) in [6, 6.07) is 10.6. The highest BCUT2D eigenvalue weighted by atomic mass is 35.7. The molecule has 1 heterocycles. The summed E-state index contributed by atoms with van der Waals surface area (Å²) < 4.78 is 0. The molecule has 0 spiro atoms. The quantitative estimate of drug-likeness (QED) is 0.638. The van der Waals surface area contributed by atoms with Crippen molar-refractivity contribution < 1.29 is 0 Å². The number of hydrogen-bond acceptors (Lipinski definition) is 0. The summed E-state index contributed by atoms with van der Waals surface area (Å²) >= 11 is 6.83. The largest absolute Gasteiger partial charge is 0.152 e. The summed E-state index contributed by atoms with van der Waals surface area (Å²) in [5, 5.41) is 1.69. The molecule has 0 N–H and O–H groups in total. The Morgan fingerprint density at radius 3 is 2.29 bits per heavy atom. The molecule has 2 rings (SSSR count). The topological polar surface area (TPSA) is 0 Å². The smallest absolute Gasteiger partial charge is 0.0620 e. The van der Waals surface area contributed by atoms with Gasteiger partial charge in [-0.25, -0.2) is 0 Å². The third-order valence-corrected chi connectivity index (χ3v) is 10.6. The molecule has 1 aromatic carbocycles. The van der Waals surface area contributed by atoms with E-state index >= 15 is 0 Å². The van der Waals surface area contributed by atoms with Gasteiger partial charge in [-0.05, 0) is 26.0 Å². The molecule has 1 saturated heterocycles. The lowest BCUT2D eigenvalue weighted by Crippen LogP contribution is -2.48. The first-order chi connectivity index (χ1) is 6.48. The highest BCUT2D eigenvalue weighted by Gasteiger charge is 2.66. The highest BCUT2D eigenvalue weighted by Crippen LogP contribution is 2.82. The fraction of sp³-hybridized carbons (Fsp3) is 0.500. The van der Waals surface area contributed by atoms with Crippen LogP contribution < -0.4 is 5.30 Å². The first-order valence-corrected chi connectivity index (χ1v) is 8.00. The summed E-state index contributed by atoms with van der Waals surface area (Å²) in [6.07, 6.45) is 1.20. The van der Waals surface area contributed by atoms with Crippen LogP contribution in [0.25, 0.3) is 0 Å². The van der Waals surface area contributed by atoms with Gasteiger partial charge in [-0.2, -0.15) is 0 Å². The van der Waals surface area contributed by atoms with E-state index in [1.54, 1.807) is 0 Å². The molecule has 2 heteroatoms. The van der Waals surface area contributed by atoms with Gasteiger partial charge >= 0.3 is 0 Å². The molecule has 1 aliphatic rings. The molecule has 0 bridgehead atoms. The minimum absolute atomic E-state index is 0.315.